The number of unbranched alkanes of at least 4 members (excludes halogenated alkanes) is 1. The Hall–Kier alpha value is -3.66. The van der Waals surface area contributed by atoms with Crippen LogP contribution in [0.1, 0.15) is 42.6 Å². The molecule has 1 N–H and O–H groups in total. The molecule has 0 saturated carbocycles. The molecule has 0 spiro atoms. The van der Waals surface area contributed by atoms with E-state index < -0.39 is 0 Å². The summed E-state index contributed by atoms with van der Waals surface area (Å²) in [6.45, 7) is 4.90. The van der Waals surface area contributed by atoms with Gasteiger partial charge >= 0.3 is 0 Å². The minimum atomic E-state index is -0.0854. The third kappa shape index (κ3) is 5.78. The van der Waals surface area contributed by atoms with Gasteiger partial charge in [-0.2, -0.15) is 0 Å². The second-order valence-electron chi connectivity index (χ2n) is 8.36. The van der Waals surface area contributed by atoms with Crippen LogP contribution in [0.4, 0.5) is 0 Å². The molecule has 0 aliphatic carbocycles. The number of nitrogens with zero attached hydrogens (tertiary/aromatic N) is 1. The zero-order valence-corrected chi connectivity index (χ0v) is 19.3. The van der Waals surface area contributed by atoms with E-state index >= 15 is 0 Å². The summed E-state index contributed by atoms with van der Waals surface area (Å²) in [4.78, 5) is 18.1. The fraction of sp³-hybridized carbons (Fsp3) is 0.241. The number of hydrogen-bond acceptors (Lipinski definition) is 3. The van der Waals surface area contributed by atoms with Gasteiger partial charge in [-0.1, -0.05) is 61.9 Å². The first-order valence-electron chi connectivity index (χ1n) is 11.6. The SMILES string of the molecule is CCCCOc1ccc(-c2cc(C(=O)N[C@H](C)Cc3ccccc3)c3ccccc3n2)cc1. The first-order chi connectivity index (χ1) is 16.1. The zero-order valence-electron chi connectivity index (χ0n) is 19.3. The first-order valence-corrected chi connectivity index (χ1v) is 11.6. The van der Waals surface area contributed by atoms with Gasteiger partial charge in [0, 0.05) is 17.0 Å². The molecule has 0 bridgehead atoms. The highest BCUT2D eigenvalue weighted by molar-refractivity contribution is 6.07. The average Bonchev–Trinajstić information content (AvgIpc) is 2.84. The molecule has 4 rings (SSSR count). The number of amides is 1. The molecular weight excluding hydrogens is 408 g/mol. The Labute approximate surface area is 195 Å². The molecule has 1 heterocycles. The Kier molecular flexibility index (Phi) is 7.36. The van der Waals surface area contributed by atoms with Crippen LogP contribution in [0.5, 0.6) is 5.75 Å². The summed E-state index contributed by atoms with van der Waals surface area (Å²) in [5, 5.41) is 4.02. The van der Waals surface area contributed by atoms with Gasteiger partial charge in [-0.15, -0.1) is 0 Å². The quantitative estimate of drug-likeness (QED) is 0.306. The Morgan fingerprint density at radius 1 is 0.970 bits per heavy atom. The lowest BCUT2D eigenvalue weighted by molar-refractivity contribution is 0.0941. The Morgan fingerprint density at radius 3 is 2.45 bits per heavy atom. The smallest absolute Gasteiger partial charge is 0.252 e. The van der Waals surface area contributed by atoms with Crippen LogP contribution in [0, 0.1) is 0 Å². The third-order valence-corrected chi connectivity index (χ3v) is 5.64. The fourth-order valence-electron chi connectivity index (χ4n) is 3.89. The van der Waals surface area contributed by atoms with E-state index in [1.165, 1.54) is 5.56 Å². The third-order valence-electron chi connectivity index (χ3n) is 5.64. The highest BCUT2D eigenvalue weighted by Gasteiger charge is 2.16. The summed E-state index contributed by atoms with van der Waals surface area (Å²) < 4.78 is 5.78. The van der Waals surface area contributed by atoms with Gasteiger partial charge in [0.25, 0.3) is 5.91 Å². The normalized spacial score (nSPS) is 11.8. The lowest BCUT2D eigenvalue weighted by Gasteiger charge is -2.16. The molecule has 1 amide bonds. The number of aromatic nitrogens is 1. The van der Waals surface area contributed by atoms with Gasteiger partial charge in [-0.25, -0.2) is 4.98 Å². The maximum Gasteiger partial charge on any atom is 0.252 e. The summed E-state index contributed by atoms with van der Waals surface area (Å²) in [6.07, 6.45) is 2.92. The zero-order chi connectivity index (χ0) is 23.0. The summed E-state index contributed by atoms with van der Waals surface area (Å²) >= 11 is 0. The van der Waals surface area contributed by atoms with E-state index in [4.69, 9.17) is 9.72 Å². The van der Waals surface area contributed by atoms with Crippen molar-refractivity contribution in [1.82, 2.24) is 10.3 Å². The summed E-state index contributed by atoms with van der Waals surface area (Å²) in [7, 11) is 0. The van der Waals surface area contributed by atoms with Gasteiger partial charge in [0.1, 0.15) is 5.75 Å². The number of ether oxygens (including phenoxy) is 1. The molecule has 1 aromatic heterocycles. The van der Waals surface area contributed by atoms with Gasteiger partial charge in [-0.3, -0.25) is 4.79 Å². The van der Waals surface area contributed by atoms with Crippen LogP contribution in [0.25, 0.3) is 22.2 Å². The predicted octanol–water partition coefficient (Wildman–Crippen LogP) is 6.44. The number of pyridine rings is 1. The van der Waals surface area contributed by atoms with Crippen molar-refractivity contribution < 1.29 is 9.53 Å². The largest absolute Gasteiger partial charge is 0.494 e. The van der Waals surface area contributed by atoms with E-state index in [1.807, 2.05) is 79.7 Å². The molecule has 0 aliphatic rings. The maximum absolute atomic E-state index is 13.3. The van der Waals surface area contributed by atoms with Crippen molar-refractivity contribution in [3.63, 3.8) is 0 Å². The number of nitrogens with one attached hydrogen (secondary N) is 1. The average molecular weight is 439 g/mol. The van der Waals surface area contributed by atoms with Crippen LogP contribution < -0.4 is 10.1 Å². The van der Waals surface area contributed by atoms with E-state index in [9.17, 15) is 4.79 Å². The Bertz CT molecular complexity index is 1200. The molecular formula is C29H30N2O2. The van der Waals surface area contributed by atoms with E-state index in [0.29, 0.717) is 5.56 Å². The fourth-order valence-corrected chi connectivity index (χ4v) is 3.89. The van der Waals surface area contributed by atoms with Crippen LogP contribution in [0.15, 0.2) is 84.9 Å². The molecule has 3 aromatic carbocycles. The van der Waals surface area contributed by atoms with Crippen LogP contribution in [-0.2, 0) is 6.42 Å². The second kappa shape index (κ2) is 10.8. The minimum absolute atomic E-state index is 0.00910. The van der Waals surface area contributed by atoms with Gasteiger partial charge in [0.15, 0.2) is 0 Å². The van der Waals surface area contributed by atoms with Crippen molar-refractivity contribution in [2.75, 3.05) is 6.61 Å². The number of para-hydroxylation sites is 1. The molecule has 33 heavy (non-hydrogen) atoms. The van der Waals surface area contributed by atoms with Crippen LogP contribution in [-0.4, -0.2) is 23.5 Å². The molecule has 0 unspecified atom stereocenters. The minimum Gasteiger partial charge on any atom is -0.494 e. The van der Waals surface area contributed by atoms with Crippen molar-refractivity contribution in [3.8, 4) is 17.0 Å². The predicted molar refractivity (Wildman–Crippen MR) is 135 cm³/mol. The van der Waals surface area contributed by atoms with E-state index in [2.05, 4.69) is 24.4 Å². The number of benzene rings is 3. The van der Waals surface area contributed by atoms with E-state index in [0.717, 1.165) is 53.8 Å². The van der Waals surface area contributed by atoms with Crippen molar-refractivity contribution in [3.05, 3.63) is 96.1 Å². The highest BCUT2D eigenvalue weighted by Crippen LogP contribution is 2.26. The summed E-state index contributed by atoms with van der Waals surface area (Å²) in [5.41, 5.74) is 4.37. The molecule has 0 aliphatic heterocycles. The number of carbonyl (C=O) groups is 1. The van der Waals surface area contributed by atoms with Gasteiger partial charge in [0.05, 0.1) is 23.4 Å². The summed E-state index contributed by atoms with van der Waals surface area (Å²) in [5.74, 6) is 0.762. The standard InChI is InChI=1S/C29H30N2O2/c1-3-4-18-33-24-16-14-23(15-17-24)28-20-26(25-12-8-9-13-27(25)31-28)29(32)30-21(2)19-22-10-6-5-7-11-22/h5-17,20-21H,3-4,18-19H2,1-2H3,(H,30,32)/t21-/m1/s1. The maximum atomic E-state index is 13.3. The number of fused-ring (bicyclic) bond motifs is 1. The molecule has 168 valence electrons. The van der Waals surface area contributed by atoms with Crippen molar-refractivity contribution >= 4 is 16.8 Å². The highest BCUT2D eigenvalue weighted by atomic mass is 16.5. The Balaban J connectivity index is 1.58. The molecule has 0 fully saturated rings. The van der Waals surface area contributed by atoms with E-state index in [1.54, 1.807) is 0 Å². The molecule has 4 nitrogen and oxygen atoms in total. The molecule has 0 saturated heterocycles. The van der Waals surface area contributed by atoms with E-state index in [-0.39, 0.29) is 11.9 Å². The van der Waals surface area contributed by atoms with Crippen LogP contribution >= 0.6 is 0 Å². The Morgan fingerprint density at radius 2 is 1.70 bits per heavy atom. The summed E-state index contributed by atoms with van der Waals surface area (Å²) in [6, 6.07) is 27.8. The molecule has 1 atom stereocenters. The second-order valence-corrected chi connectivity index (χ2v) is 8.36. The first kappa shape index (κ1) is 22.5. The monoisotopic (exact) mass is 438 g/mol. The van der Waals surface area contributed by atoms with Crippen LogP contribution in [0.3, 0.4) is 0 Å². The van der Waals surface area contributed by atoms with Gasteiger partial charge < -0.3 is 10.1 Å². The van der Waals surface area contributed by atoms with Crippen molar-refractivity contribution in [2.45, 2.75) is 39.2 Å². The molecule has 4 aromatic rings. The van der Waals surface area contributed by atoms with Crippen LogP contribution in [0.2, 0.25) is 0 Å². The molecule has 4 heteroatoms. The lowest BCUT2D eigenvalue weighted by Crippen LogP contribution is -2.34. The number of hydrogen-bond donors (Lipinski definition) is 1. The van der Waals surface area contributed by atoms with Gasteiger partial charge in [-0.05, 0) is 61.7 Å². The van der Waals surface area contributed by atoms with Crippen molar-refractivity contribution in [1.29, 1.82) is 0 Å². The lowest BCUT2D eigenvalue weighted by atomic mass is 10.0. The topological polar surface area (TPSA) is 51.2 Å². The van der Waals surface area contributed by atoms with Gasteiger partial charge in [0.2, 0.25) is 0 Å². The van der Waals surface area contributed by atoms with Crippen molar-refractivity contribution in [2.24, 2.45) is 0 Å². The number of rotatable bonds is 9. The number of carbonyl (C=O) groups excluding carboxylic acids is 1. The molecule has 0 radical (unpaired) electrons.